The van der Waals surface area contributed by atoms with E-state index in [1.807, 2.05) is 7.05 Å². The fourth-order valence-electron chi connectivity index (χ4n) is 1.08. The van der Waals surface area contributed by atoms with Gasteiger partial charge in [0, 0.05) is 26.8 Å². The van der Waals surface area contributed by atoms with E-state index in [1.54, 1.807) is 14.2 Å². The summed E-state index contributed by atoms with van der Waals surface area (Å²) in [6.07, 6.45) is 1.01. The first-order chi connectivity index (χ1) is 6.24. The molecule has 0 fully saturated rings. The number of likely N-dealkylation sites (N-methyl/N-ethyl adjacent to an activating group) is 2. The van der Waals surface area contributed by atoms with Crippen molar-refractivity contribution in [1.82, 2.24) is 10.2 Å². The lowest BCUT2D eigenvalue weighted by Gasteiger charge is -2.18. The van der Waals surface area contributed by atoms with E-state index in [-0.39, 0.29) is 6.04 Å². The molecule has 0 radical (unpaired) electrons. The minimum Gasteiger partial charge on any atom is -0.385 e. The van der Waals surface area contributed by atoms with E-state index in [0.29, 0.717) is 0 Å². The molecule has 76 valence electrons. The van der Waals surface area contributed by atoms with Crippen molar-refractivity contribution in [2.24, 2.45) is 0 Å². The number of nitrogens with zero attached hydrogens (tertiary/aromatic N) is 2. The third-order valence-electron chi connectivity index (χ3n) is 1.89. The van der Waals surface area contributed by atoms with Crippen molar-refractivity contribution in [3.05, 3.63) is 0 Å². The number of nitrogens with one attached hydrogen (secondary N) is 1. The molecule has 0 aromatic heterocycles. The average Bonchev–Trinajstić information content (AvgIpc) is 2.14. The number of ether oxygens (including phenoxy) is 1. The molecule has 0 heterocycles. The molecule has 0 aromatic carbocycles. The predicted molar refractivity (Wildman–Crippen MR) is 52.5 cm³/mol. The first-order valence-corrected chi connectivity index (χ1v) is 4.49. The first-order valence-electron chi connectivity index (χ1n) is 4.49. The molecule has 0 aromatic rings. The highest BCUT2D eigenvalue weighted by Crippen LogP contribution is 1.90. The van der Waals surface area contributed by atoms with Crippen LogP contribution in [0.15, 0.2) is 0 Å². The molecule has 0 spiro atoms. The van der Waals surface area contributed by atoms with Gasteiger partial charge < -0.3 is 15.0 Å². The Morgan fingerprint density at radius 2 is 2.31 bits per heavy atom. The van der Waals surface area contributed by atoms with Crippen LogP contribution in [0.1, 0.15) is 6.42 Å². The van der Waals surface area contributed by atoms with E-state index in [2.05, 4.69) is 16.3 Å². The van der Waals surface area contributed by atoms with Gasteiger partial charge in [0.25, 0.3) is 0 Å². The largest absolute Gasteiger partial charge is 0.385 e. The van der Waals surface area contributed by atoms with Gasteiger partial charge in [-0.3, -0.25) is 0 Å². The Balaban J connectivity index is 3.49. The highest BCUT2D eigenvalue weighted by Gasteiger charge is 2.06. The fourth-order valence-corrected chi connectivity index (χ4v) is 1.08. The average molecular weight is 185 g/mol. The summed E-state index contributed by atoms with van der Waals surface area (Å²) in [5.41, 5.74) is 0. The SMILES string of the molecule is CNC(C#N)CN(C)CCCOC. The standard InChI is InChI=1S/C9H19N3O/c1-11-9(7-10)8-12(2)5-4-6-13-3/h9,11H,4-6,8H2,1-3H3. The molecule has 0 aliphatic carbocycles. The lowest BCUT2D eigenvalue weighted by molar-refractivity contribution is 0.178. The van der Waals surface area contributed by atoms with Crippen LogP contribution in [0.2, 0.25) is 0 Å². The number of methoxy groups -OCH3 is 1. The highest BCUT2D eigenvalue weighted by atomic mass is 16.5. The summed E-state index contributed by atoms with van der Waals surface area (Å²) in [5, 5.41) is 11.6. The van der Waals surface area contributed by atoms with Crippen molar-refractivity contribution in [2.45, 2.75) is 12.5 Å². The summed E-state index contributed by atoms with van der Waals surface area (Å²) < 4.78 is 4.94. The monoisotopic (exact) mass is 185 g/mol. The molecule has 13 heavy (non-hydrogen) atoms. The first kappa shape index (κ1) is 12.4. The van der Waals surface area contributed by atoms with Crippen molar-refractivity contribution >= 4 is 0 Å². The molecule has 4 nitrogen and oxygen atoms in total. The zero-order chi connectivity index (χ0) is 10.1. The molecule has 4 heteroatoms. The maximum absolute atomic E-state index is 8.68. The Bertz CT molecular complexity index is 155. The zero-order valence-electron chi connectivity index (χ0n) is 8.71. The van der Waals surface area contributed by atoms with E-state index >= 15 is 0 Å². The summed E-state index contributed by atoms with van der Waals surface area (Å²) in [5.74, 6) is 0. The van der Waals surface area contributed by atoms with Crippen LogP contribution in [-0.2, 0) is 4.74 Å². The van der Waals surface area contributed by atoms with E-state index in [9.17, 15) is 0 Å². The van der Waals surface area contributed by atoms with Gasteiger partial charge in [-0.1, -0.05) is 0 Å². The van der Waals surface area contributed by atoms with Gasteiger partial charge in [0.15, 0.2) is 0 Å². The van der Waals surface area contributed by atoms with Crippen LogP contribution in [0.3, 0.4) is 0 Å². The number of hydrogen-bond acceptors (Lipinski definition) is 4. The molecule has 0 rings (SSSR count). The van der Waals surface area contributed by atoms with Gasteiger partial charge in [0.2, 0.25) is 0 Å². The normalized spacial score (nSPS) is 12.8. The Morgan fingerprint density at radius 1 is 1.62 bits per heavy atom. The van der Waals surface area contributed by atoms with Crippen LogP contribution in [-0.4, -0.2) is 51.8 Å². The molecule has 1 N–H and O–H groups in total. The van der Waals surface area contributed by atoms with Crippen LogP contribution in [0, 0.1) is 11.3 Å². The van der Waals surface area contributed by atoms with Crippen LogP contribution in [0.4, 0.5) is 0 Å². The van der Waals surface area contributed by atoms with Crippen LogP contribution >= 0.6 is 0 Å². The third kappa shape index (κ3) is 6.52. The summed E-state index contributed by atoms with van der Waals surface area (Å²) in [6.45, 7) is 2.51. The minimum absolute atomic E-state index is 0.0763. The third-order valence-corrected chi connectivity index (χ3v) is 1.89. The number of hydrogen-bond donors (Lipinski definition) is 1. The molecule has 1 unspecified atom stereocenters. The molecular formula is C9H19N3O. The molecule has 0 saturated carbocycles. The van der Waals surface area contributed by atoms with Gasteiger partial charge in [-0.15, -0.1) is 0 Å². The zero-order valence-corrected chi connectivity index (χ0v) is 8.71. The Labute approximate surface area is 80.5 Å². The summed E-state index contributed by atoms with van der Waals surface area (Å²) in [4.78, 5) is 2.13. The summed E-state index contributed by atoms with van der Waals surface area (Å²) >= 11 is 0. The van der Waals surface area contributed by atoms with Crippen molar-refractivity contribution in [1.29, 1.82) is 5.26 Å². The van der Waals surface area contributed by atoms with Gasteiger partial charge >= 0.3 is 0 Å². The number of nitriles is 1. The molecule has 0 amide bonds. The molecule has 1 atom stereocenters. The topological polar surface area (TPSA) is 48.3 Å². The molecule has 0 aliphatic heterocycles. The second-order valence-corrected chi connectivity index (χ2v) is 3.08. The highest BCUT2D eigenvalue weighted by molar-refractivity contribution is 4.90. The number of rotatable bonds is 7. The maximum atomic E-state index is 8.68. The van der Waals surface area contributed by atoms with Crippen LogP contribution in [0.25, 0.3) is 0 Å². The van der Waals surface area contributed by atoms with Crippen LogP contribution < -0.4 is 5.32 Å². The second-order valence-electron chi connectivity index (χ2n) is 3.08. The smallest absolute Gasteiger partial charge is 0.108 e. The molecule has 0 aliphatic rings. The fraction of sp³-hybridized carbons (Fsp3) is 0.889. The van der Waals surface area contributed by atoms with Gasteiger partial charge in [0.05, 0.1) is 6.07 Å². The van der Waals surface area contributed by atoms with Crippen molar-refractivity contribution < 1.29 is 4.74 Å². The van der Waals surface area contributed by atoms with E-state index in [4.69, 9.17) is 10.00 Å². The van der Waals surface area contributed by atoms with E-state index in [0.717, 1.165) is 26.1 Å². The molecule has 0 bridgehead atoms. The van der Waals surface area contributed by atoms with Gasteiger partial charge in [-0.25, -0.2) is 0 Å². The lowest BCUT2D eigenvalue weighted by Crippen LogP contribution is -2.37. The van der Waals surface area contributed by atoms with Gasteiger partial charge in [0.1, 0.15) is 6.04 Å². The Morgan fingerprint density at radius 3 is 2.77 bits per heavy atom. The molecular weight excluding hydrogens is 166 g/mol. The summed E-state index contributed by atoms with van der Waals surface area (Å²) in [6, 6.07) is 2.11. The van der Waals surface area contributed by atoms with E-state index < -0.39 is 0 Å². The van der Waals surface area contributed by atoms with Gasteiger partial charge in [-0.05, 0) is 20.5 Å². The van der Waals surface area contributed by atoms with Gasteiger partial charge in [-0.2, -0.15) is 5.26 Å². The Hall–Kier alpha value is -0.630. The van der Waals surface area contributed by atoms with Crippen LogP contribution in [0.5, 0.6) is 0 Å². The minimum atomic E-state index is -0.0763. The maximum Gasteiger partial charge on any atom is 0.108 e. The second kappa shape index (κ2) is 7.99. The van der Waals surface area contributed by atoms with Crippen molar-refractivity contribution in [3.8, 4) is 6.07 Å². The summed E-state index contributed by atoms with van der Waals surface area (Å²) in [7, 11) is 5.51. The molecule has 0 saturated heterocycles. The lowest BCUT2D eigenvalue weighted by atomic mass is 10.3. The predicted octanol–water partition coefficient (Wildman–Crippen LogP) is 0.0663. The van der Waals surface area contributed by atoms with E-state index in [1.165, 1.54) is 0 Å². The quantitative estimate of drug-likeness (QED) is 0.570. The van der Waals surface area contributed by atoms with Crippen molar-refractivity contribution in [2.75, 3.05) is 40.9 Å². The Kier molecular flexibility index (Phi) is 7.60. The van der Waals surface area contributed by atoms with Crippen molar-refractivity contribution in [3.63, 3.8) is 0 Å².